The Morgan fingerprint density at radius 2 is 1.27 bits per heavy atom. The van der Waals surface area contributed by atoms with Crippen LogP contribution in [0.15, 0.2) is 106 Å². The molecule has 0 amide bonds. The summed E-state index contributed by atoms with van der Waals surface area (Å²) in [5, 5.41) is 3.73. The number of nitrogens with one attached hydrogen (secondary N) is 1. The lowest BCUT2D eigenvalue weighted by atomic mass is 9.77. The lowest BCUT2D eigenvalue weighted by Gasteiger charge is -2.38. The van der Waals surface area contributed by atoms with Crippen LogP contribution in [-0.2, 0) is 35.2 Å². The van der Waals surface area contributed by atoms with Crippen molar-refractivity contribution in [3.63, 3.8) is 0 Å². The SMILES string of the molecule is C[C@H]1O[C@]12CCc1ccc(Br)cc1C2.O=C[C@@]1(NC(c2ccccc2)c2ccccc2)CCc2ccc(Br)cc2C1. The molecule has 41 heavy (non-hydrogen) atoms. The molecule has 0 aromatic heterocycles. The van der Waals surface area contributed by atoms with E-state index in [-0.39, 0.29) is 11.6 Å². The van der Waals surface area contributed by atoms with E-state index < -0.39 is 5.54 Å². The number of carbonyl (C=O) groups is 1. The van der Waals surface area contributed by atoms with Crippen molar-refractivity contribution in [3.8, 4) is 0 Å². The standard InChI is InChI=1S/C24H22BrNO.C12H13BrO/c25-22-12-11-18-13-14-24(17-27,16-21(18)15-22)26-23(19-7-3-1-4-8-19)20-9-5-2-6-10-20;1-8-12(14-8)5-4-9-2-3-11(13)6-10(9)7-12/h1-12,15,17,23,26H,13-14,16H2;2-3,6,8H,4-5,7H2,1H3/t24-;8-,12+/m11/s1. The molecule has 1 spiro atoms. The van der Waals surface area contributed by atoms with Gasteiger partial charge in [-0.3, -0.25) is 5.32 Å². The fraction of sp³-hybridized carbons (Fsp3) is 0.306. The molecule has 1 N–H and O–H groups in total. The van der Waals surface area contributed by atoms with Gasteiger partial charge in [0.05, 0.1) is 23.3 Å². The number of hydrogen-bond donors (Lipinski definition) is 1. The maximum absolute atomic E-state index is 12.3. The molecule has 0 bridgehead atoms. The minimum atomic E-state index is -0.565. The molecule has 1 saturated heterocycles. The molecule has 3 atom stereocenters. The summed E-state index contributed by atoms with van der Waals surface area (Å²) in [5.41, 5.74) is 7.53. The van der Waals surface area contributed by atoms with Gasteiger partial charge in [-0.15, -0.1) is 0 Å². The first-order valence-corrected chi connectivity index (χ1v) is 16.0. The van der Waals surface area contributed by atoms with Crippen LogP contribution in [0.3, 0.4) is 0 Å². The Hall–Kier alpha value is -2.57. The fourth-order valence-corrected chi connectivity index (χ4v) is 7.33. The number of rotatable bonds is 5. The maximum atomic E-state index is 12.3. The van der Waals surface area contributed by atoms with Crippen LogP contribution in [0.1, 0.15) is 59.2 Å². The monoisotopic (exact) mass is 671 g/mol. The molecule has 5 heteroatoms. The molecule has 0 saturated carbocycles. The van der Waals surface area contributed by atoms with E-state index in [0.717, 1.165) is 30.0 Å². The zero-order chi connectivity index (χ0) is 28.5. The van der Waals surface area contributed by atoms with E-state index in [1.54, 1.807) is 0 Å². The van der Waals surface area contributed by atoms with Crippen LogP contribution in [0.25, 0.3) is 0 Å². The average Bonchev–Trinajstić information content (AvgIpc) is 3.63. The lowest BCUT2D eigenvalue weighted by molar-refractivity contribution is -0.114. The van der Waals surface area contributed by atoms with Crippen LogP contribution in [0.4, 0.5) is 0 Å². The lowest BCUT2D eigenvalue weighted by Crippen LogP contribution is -2.52. The van der Waals surface area contributed by atoms with Gasteiger partial charge in [0, 0.05) is 15.4 Å². The van der Waals surface area contributed by atoms with Crippen LogP contribution in [-0.4, -0.2) is 23.5 Å². The smallest absolute Gasteiger partial charge is 0.140 e. The second-order valence-corrected chi connectivity index (χ2v) is 13.5. The molecule has 7 rings (SSSR count). The van der Waals surface area contributed by atoms with Crippen molar-refractivity contribution >= 4 is 38.1 Å². The van der Waals surface area contributed by atoms with Crippen LogP contribution in [0, 0.1) is 0 Å². The molecular weight excluding hydrogens is 638 g/mol. The number of hydrogen-bond acceptors (Lipinski definition) is 3. The van der Waals surface area contributed by atoms with Crippen LogP contribution in [0.5, 0.6) is 0 Å². The largest absolute Gasteiger partial charge is 0.366 e. The van der Waals surface area contributed by atoms with E-state index in [2.05, 4.69) is 105 Å². The Bertz CT molecular complexity index is 1490. The van der Waals surface area contributed by atoms with Crippen molar-refractivity contribution in [2.45, 2.75) is 68.7 Å². The van der Waals surface area contributed by atoms with Crippen molar-refractivity contribution in [2.24, 2.45) is 0 Å². The van der Waals surface area contributed by atoms with Crippen molar-refractivity contribution in [3.05, 3.63) is 139 Å². The number of carbonyl (C=O) groups excluding carboxylic acids is 1. The third kappa shape index (κ3) is 6.29. The summed E-state index contributed by atoms with van der Waals surface area (Å²) in [6, 6.07) is 33.7. The second-order valence-electron chi connectivity index (χ2n) is 11.7. The van der Waals surface area contributed by atoms with Gasteiger partial charge in [-0.05, 0) is 96.7 Å². The number of epoxide rings is 1. The molecule has 0 unspecified atom stereocenters. The summed E-state index contributed by atoms with van der Waals surface area (Å²) in [5.74, 6) is 0. The molecule has 1 fully saturated rings. The molecule has 210 valence electrons. The van der Waals surface area contributed by atoms with Gasteiger partial charge in [-0.2, -0.15) is 0 Å². The van der Waals surface area contributed by atoms with Gasteiger partial charge >= 0.3 is 0 Å². The number of fused-ring (bicyclic) bond motifs is 2. The number of benzene rings is 4. The van der Waals surface area contributed by atoms with Gasteiger partial charge in [0.25, 0.3) is 0 Å². The first-order valence-electron chi connectivity index (χ1n) is 14.5. The minimum Gasteiger partial charge on any atom is -0.366 e. The molecule has 4 aromatic rings. The highest BCUT2D eigenvalue weighted by molar-refractivity contribution is 9.10. The molecule has 0 radical (unpaired) electrons. The van der Waals surface area contributed by atoms with Crippen molar-refractivity contribution in [1.82, 2.24) is 5.32 Å². The summed E-state index contributed by atoms with van der Waals surface area (Å²) in [6.45, 7) is 2.18. The molecule has 1 aliphatic heterocycles. The van der Waals surface area contributed by atoms with Crippen LogP contribution < -0.4 is 5.32 Å². The van der Waals surface area contributed by atoms with Gasteiger partial charge < -0.3 is 9.53 Å². The Morgan fingerprint density at radius 1 is 0.756 bits per heavy atom. The topological polar surface area (TPSA) is 41.6 Å². The summed E-state index contributed by atoms with van der Waals surface area (Å²) >= 11 is 7.09. The van der Waals surface area contributed by atoms with Gasteiger partial charge in [0.2, 0.25) is 0 Å². The van der Waals surface area contributed by atoms with E-state index in [1.165, 1.54) is 50.7 Å². The van der Waals surface area contributed by atoms with E-state index in [0.29, 0.717) is 12.5 Å². The van der Waals surface area contributed by atoms with Gasteiger partial charge in [0.1, 0.15) is 6.29 Å². The number of halogens is 2. The van der Waals surface area contributed by atoms with Gasteiger partial charge in [-0.1, -0.05) is 105 Å². The van der Waals surface area contributed by atoms with Crippen molar-refractivity contribution < 1.29 is 9.53 Å². The van der Waals surface area contributed by atoms with Crippen molar-refractivity contribution in [1.29, 1.82) is 0 Å². The second kappa shape index (κ2) is 12.0. The Balaban J connectivity index is 0.000000180. The summed E-state index contributed by atoms with van der Waals surface area (Å²) in [6.07, 6.45) is 7.48. The van der Waals surface area contributed by atoms with E-state index >= 15 is 0 Å². The van der Waals surface area contributed by atoms with E-state index in [1.807, 2.05) is 36.4 Å². The molecular formula is C36H35Br2NO2. The third-order valence-corrected chi connectivity index (χ3v) is 10.00. The first kappa shape index (κ1) is 28.5. The summed E-state index contributed by atoms with van der Waals surface area (Å²) in [4.78, 5) is 12.3. The average molecular weight is 673 g/mol. The Kier molecular flexibility index (Phi) is 8.33. The number of aldehydes is 1. The highest BCUT2D eigenvalue weighted by atomic mass is 79.9. The zero-order valence-corrected chi connectivity index (χ0v) is 26.5. The van der Waals surface area contributed by atoms with Crippen molar-refractivity contribution in [2.75, 3.05) is 0 Å². The Labute approximate surface area is 260 Å². The van der Waals surface area contributed by atoms with E-state index in [9.17, 15) is 4.79 Å². The molecule has 4 aromatic carbocycles. The van der Waals surface area contributed by atoms with E-state index in [4.69, 9.17) is 4.74 Å². The third-order valence-electron chi connectivity index (χ3n) is 9.01. The predicted molar refractivity (Wildman–Crippen MR) is 172 cm³/mol. The summed E-state index contributed by atoms with van der Waals surface area (Å²) < 4.78 is 7.97. The molecule has 1 heterocycles. The first-order chi connectivity index (χ1) is 19.9. The quantitative estimate of drug-likeness (QED) is 0.171. The minimum absolute atomic E-state index is 0.0219. The maximum Gasteiger partial charge on any atom is 0.140 e. The number of aryl methyl sites for hydroxylation is 2. The highest BCUT2D eigenvalue weighted by Crippen LogP contribution is 2.47. The normalized spacial score (nSPS) is 24.1. The van der Waals surface area contributed by atoms with Gasteiger partial charge in [-0.25, -0.2) is 0 Å². The molecule has 3 aliphatic rings. The molecule has 3 nitrogen and oxygen atoms in total. The van der Waals surface area contributed by atoms with Crippen LogP contribution in [0.2, 0.25) is 0 Å². The number of ether oxygens (including phenoxy) is 1. The Morgan fingerprint density at radius 3 is 1.78 bits per heavy atom. The zero-order valence-electron chi connectivity index (χ0n) is 23.3. The fourth-order valence-electron chi connectivity index (χ4n) is 6.51. The summed E-state index contributed by atoms with van der Waals surface area (Å²) in [7, 11) is 0. The van der Waals surface area contributed by atoms with Crippen LogP contribution >= 0.6 is 31.9 Å². The van der Waals surface area contributed by atoms with Gasteiger partial charge in [0.15, 0.2) is 0 Å². The predicted octanol–water partition coefficient (Wildman–Crippen LogP) is 8.35. The molecule has 2 aliphatic carbocycles. The highest BCUT2D eigenvalue weighted by Gasteiger charge is 2.54.